The van der Waals surface area contributed by atoms with E-state index >= 15 is 0 Å². The van der Waals surface area contributed by atoms with Crippen molar-refractivity contribution in [3.05, 3.63) is 12.4 Å². The monoisotopic (exact) mass is 315 g/mol. The highest BCUT2D eigenvalue weighted by Crippen LogP contribution is 2.13. The van der Waals surface area contributed by atoms with Crippen molar-refractivity contribution in [2.75, 3.05) is 33.7 Å². The molecule has 1 fully saturated rings. The minimum atomic E-state index is -3.45. The van der Waals surface area contributed by atoms with E-state index in [0.717, 1.165) is 38.9 Å². The molecule has 1 aromatic rings. The molecule has 7 nitrogen and oxygen atoms in total. The first kappa shape index (κ1) is 16.4. The molecule has 0 spiro atoms. The van der Waals surface area contributed by atoms with Gasteiger partial charge in [0.2, 0.25) is 10.0 Å². The molecule has 21 heavy (non-hydrogen) atoms. The Morgan fingerprint density at radius 1 is 1.38 bits per heavy atom. The summed E-state index contributed by atoms with van der Waals surface area (Å²) in [7, 11) is 0.494. The number of sulfonamides is 1. The first-order valence-electron chi connectivity index (χ1n) is 7.39. The van der Waals surface area contributed by atoms with Crippen molar-refractivity contribution in [1.29, 1.82) is 0 Å². The van der Waals surface area contributed by atoms with E-state index < -0.39 is 10.0 Å². The third-order valence-electron chi connectivity index (χ3n) is 3.77. The molecule has 1 aliphatic heterocycles. The summed E-state index contributed by atoms with van der Waals surface area (Å²) in [6.07, 6.45) is 5.65. The van der Waals surface area contributed by atoms with Gasteiger partial charge in [-0.05, 0) is 53.0 Å². The van der Waals surface area contributed by atoms with Gasteiger partial charge in [-0.15, -0.1) is 0 Å². The van der Waals surface area contributed by atoms with Gasteiger partial charge in [-0.3, -0.25) is 4.68 Å². The molecule has 1 saturated heterocycles. The maximum atomic E-state index is 12.3. The van der Waals surface area contributed by atoms with Crippen LogP contribution in [0.3, 0.4) is 0 Å². The third-order valence-corrected chi connectivity index (χ3v) is 5.25. The largest absolute Gasteiger partial charge is 0.320 e. The quantitative estimate of drug-likeness (QED) is 0.685. The minimum absolute atomic E-state index is 0.0267. The zero-order valence-electron chi connectivity index (χ0n) is 12.7. The number of rotatable bonds is 7. The zero-order chi connectivity index (χ0) is 15.3. The number of aryl methyl sites for hydroxylation is 1. The number of hydrogen-bond acceptors (Lipinski definition) is 5. The molecular formula is C13H25N5O2S. The van der Waals surface area contributed by atoms with E-state index in [4.69, 9.17) is 0 Å². The Balaban J connectivity index is 1.93. The summed E-state index contributed by atoms with van der Waals surface area (Å²) in [6.45, 7) is 3.45. The Bertz CT molecular complexity index is 535. The Kier molecular flexibility index (Phi) is 5.74. The predicted octanol–water partition coefficient (Wildman–Crippen LogP) is -0.135. The molecule has 0 amide bonds. The van der Waals surface area contributed by atoms with Gasteiger partial charge in [-0.2, -0.15) is 5.10 Å². The molecule has 120 valence electrons. The maximum Gasteiger partial charge on any atom is 0.243 e. The number of likely N-dealkylation sites (tertiary alicyclic amines) is 1. The van der Waals surface area contributed by atoms with E-state index in [1.807, 2.05) is 7.05 Å². The van der Waals surface area contributed by atoms with Crippen LogP contribution in [-0.4, -0.2) is 62.9 Å². The van der Waals surface area contributed by atoms with E-state index in [0.29, 0.717) is 6.54 Å². The first-order valence-corrected chi connectivity index (χ1v) is 8.87. The molecular weight excluding hydrogens is 290 g/mol. The topological polar surface area (TPSA) is 79.3 Å². The van der Waals surface area contributed by atoms with Crippen molar-refractivity contribution >= 4 is 10.0 Å². The highest BCUT2D eigenvalue weighted by molar-refractivity contribution is 7.89. The van der Waals surface area contributed by atoms with Crippen LogP contribution in [0, 0.1) is 0 Å². The Hall–Kier alpha value is -0.960. The van der Waals surface area contributed by atoms with Gasteiger partial charge in [-0.25, -0.2) is 13.1 Å². The Labute approximate surface area is 126 Å². The summed E-state index contributed by atoms with van der Waals surface area (Å²) >= 11 is 0. The van der Waals surface area contributed by atoms with E-state index in [1.165, 1.54) is 6.20 Å². The fourth-order valence-corrected chi connectivity index (χ4v) is 3.69. The second-order valence-electron chi connectivity index (χ2n) is 5.60. The highest BCUT2D eigenvalue weighted by atomic mass is 32.2. The van der Waals surface area contributed by atoms with Gasteiger partial charge in [0.05, 0.1) is 6.20 Å². The van der Waals surface area contributed by atoms with E-state index in [9.17, 15) is 8.42 Å². The lowest BCUT2D eigenvalue weighted by Gasteiger charge is -2.29. The van der Waals surface area contributed by atoms with Gasteiger partial charge in [-0.1, -0.05) is 0 Å². The van der Waals surface area contributed by atoms with Crippen LogP contribution in [0.4, 0.5) is 0 Å². The van der Waals surface area contributed by atoms with Gasteiger partial charge in [0.1, 0.15) is 4.90 Å². The molecule has 0 bridgehead atoms. The Morgan fingerprint density at radius 2 is 2.10 bits per heavy atom. The van der Waals surface area contributed by atoms with Crippen molar-refractivity contribution in [1.82, 2.24) is 24.7 Å². The smallest absolute Gasteiger partial charge is 0.243 e. The normalized spacial score (nSPS) is 18.2. The maximum absolute atomic E-state index is 12.3. The summed E-state index contributed by atoms with van der Waals surface area (Å²) in [5.74, 6) is 0. The molecule has 2 rings (SSSR count). The molecule has 0 saturated carbocycles. The lowest BCUT2D eigenvalue weighted by Crippen LogP contribution is -2.43. The summed E-state index contributed by atoms with van der Waals surface area (Å²) in [4.78, 5) is 2.47. The number of nitrogens with zero attached hydrogens (tertiary/aromatic N) is 3. The van der Waals surface area contributed by atoms with Crippen LogP contribution in [0.5, 0.6) is 0 Å². The van der Waals surface area contributed by atoms with Crippen LogP contribution in [0.1, 0.15) is 19.3 Å². The summed E-state index contributed by atoms with van der Waals surface area (Å²) in [5.41, 5.74) is 0. The molecule has 0 atom stereocenters. The molecule has 2 heterocycles. The molecule has 2 N–H and O–H groups in total. The lowest BCUT2D eigenvalue weighted by molar-refractivity contribution is 0.248. The van der Waals surface area contributed by atoms with Crippen molar-refractivity contribution in [3.63, 3.8) is 0 Å². The summed E-state index contributed by atoms with van der Waals surface area (Å²) in [5, 5.41) is 7.18. The van der Waals surface area contributed by atoms with Gasteiger partial charge >= 0.3 is 0 Å². The fourth-order valence-electron chi connectivity index (χ4n) is 2.44. The number of aromatic nitrogens is 2. The average molecular weight is 315 g/mol. The van der Waals surface area contributed by atoms with Crippen molar-refractivity contribution in [2.45, 2.75) is 36.7 Å². The van der Waals surface area contributed by atoms with Crippen LogP contribution in [-0.2, 0) is 16.6 Å². The van der Waals surface area contributed by atoms with Crippen LogP contribution >= 0.6 is 0 Å². The molecule has 0 unspecified atom stereocenters. The summed E-state index contributed by atoms with van der Waals surface area (Å²) in [6, 6.07) is 0.0267. The predicted molar refractivity (Wildman–Crippen MR) is 81.6 cm³/mol. The number of piperidine rings is 1. The molecule has 1 aliphatic rings. The summed E-state index contributed by atoms with van der Waals surface area (Å²) < 4.78 is 29.1. The second-order valence-corrected chi connectivity index (χ2v) is 7.31. The van der Waals surface area contributed by atoms with E-state index in [2.05, 4.69) is 27.1 Å². The number of hydrogen-bond donors (Lipinski definition) is 2. The Morgan fingerprint density at radius 3 is 2.76 bits per heavy atom. The SMILES string of the molecule is CNCCCn1cc(S(=O)(=O)NC2CCN(C)CC2)cn1. The first-order chi connectivity index (χ1) is 10.0. The molecule has 0 aliphatic carbocycles. The van der Waals surface area contributed by atoms with Crippen LogP contribution in [0.15, 0.2) is 17.3 Å². The average Bonchev–Trinajstić information content (AvgIpc) is 2.91. The fraction of sp³-hybridized carbons (Fsp3) is 0.769. The molecule has 0 aromatic carbocycles. The van der Waals surface area contributed by atoms with Gasteiger partial charge in [0, 0.05) is 18.8 Å². The number of nitrogens with one attached hydrogen (secondary N) is 2. The second kappa shape index (κ2) is 7.35. The van der Waals surface area contributed by atoms with Crippen LogP contribution in [0.25, 0.3) is 0 Å². The molecule has 0 radical (unpaired) electrons. The van der Waals surface area contributed by atoms with E-state index in [1.54, 1.807) is 10.9 Å². The van der Waals surface area contributed by atoms with Gasteiger partial charge in [0.15, 0.2) is 0 Å². The molecule has 1 aromatic heterocycles. The van der Waals surface area contributed by atoms with Crippen LogP contribution in [0.2, 0.25) is 0 Å². The zero-order valence-corrected chi connectivity index (χ0v) is 13.6. The molecule has 8 heteroatoms. The van der Waals surface area contributed by atoms with Crippen LogP contribution < -0.4 is 10.0 Å². The standard InChI is InChI=1S/C13H25N5O2S/c1-14-6-3-7-18-11-13(10-15-18)21(19,20)16-12-4-8-17(2)9-5-12/h10-12,14,16H,3-9H2,1-2H3. The van der Waals surface area contributed by atoms with E-state index in [-0.39, 0.29) is 10.9 Å². The lowest BCUT2D eigenvalue weighted by atomic mass is 10.1. The highest BCUT2D eigenvalue weighted by Gasteiger charge is 2.24. The van der Waals surface area contributed by atoms with Crippen molar-refractivity contribution in [3.8, 4) is 0 Å². The van der Waals surface area contributed by atoms with Crippen molar-refractivity contribution in [2.24, 2.45) is 0 Å². The van der Waals surface area contributed by atoms with Gasteiger partial charge < -0.3 is 10.2 Å². The van der Waals surface area contributed by atoms with Gasteiger partial charge in [0.25, 0.3) is 0 Å². The minimum Gasteiger partial charge on any atom is -0.320 e. The third kappa shape index (κ3) is 4.77. The van der Waals surface area contributed by atoms with Crippen molar-refractivity contribution < 1.29 is 8.42 Å².